The van der Waals surface area contributed by atoms with Gasteiger partial charge in [0.15, 0.2) is 0 Å². The van der Waals surface area contributed by atoms with Gasteiger partial charge >= 0.3 is 0 Å². The maximum atomic E-state index is 12.5. The van der Waals surface area contributed by atoms with E-state index in [0.29, 0.717) is 17.7 Å². The number of aromatic nitrogens is 2. The van der Waals surface area contributed by atoms with Crippen molar-refractivity contribution in [3.05, 3.63) is 71.8 Å². The average molecular weight is 466 g/mol. The summed E-state index contributed by atoms with van der Waals surface area (Å²) in [6.45, 7) is 3.91. The topological polar surface area (TPSA) is 47.4 Å². The Bertz CT molecular complexity index is 1400. The largest absolute Gasteiger partial charge is 0.497 e. The van der Waals surface area contributed by atoms with Crippen molar-refractivity contribution in [1.82, 2.24) is 14.5 Å². The third kappa shape index (κ3) is 3.89. The second-order valence-electron chi connectivity index (χ2n) is 9.99. The molecule has 1 aliphatic carbocycles. The second kappa shape index (κ2) is 8.56. The summed E-state index contributed by atoms with van der Waals surface area (Å²) in [5, 5.41) is 0. The third-order valence-electron chi connectivity index (χ3n) is 7.78. The Labute approximate surface area is 206 Å². The number of aryl methyl sites for hydroxylation is 2. The summed E-state index contributed by atoms with van der Waals surface area (Å²) in [5.41, 5.74) is 8.21. The van der Waals surface area contributed by atoms with Crippen LogP contribution in [0.2, 0.25) is 0 Å². The number of amides is 1. The van der Waals surface area contributed by atoms with E-state index in [4.69, 9.17) is 9.72 Å². The van der Waals surface area contributed by atoms with E-state index in [9.17, 15) is 4.79 Å². The van der Waals surface area contributed by atoms with Crippen LogP contribution in [0.1, 0.15) is 36.3 Å². The first kappa shape index (κ1) is 21.9. The van der Waals surface area contributed by atoms with Gasteiger partial charge in [-0.25, -0.2) is 4.98 Å². The smallest absolute Gasteiger partial charge is 0.225 e. The minimum atomic E-state index is 0.298. The highest BCUT2D eigenvalue weighted by Gasteiger charge is 2.37. The number of carbonyl (C=O) groups excluding carboxylic acids is 1. The molecule has 0 radical (unpaired) electrons. The highest BCUT2D eigenvalue weighted by Crippen LogP contribution is 2.37. The molecule has 1 saturated carbocycles. The van der Waals surface area contributed by atoms with Crippen LogP contribution >= 0.6 is 0 Å². The number of ether oxygens (including phenoxy) is 1. The summed E-state index contributed by atoms with van der Waals surface area (Å²) in [7, 11) is 3.77. The lowest BCUT2D eigenvalue weighted by molar-refractivity contribution is -0.131. The van der Waals surface area contributed by atoms with Crippen LogP contribution in [0.4, 0.5) is 0 Å². The molecule has 6 rings (SSSR count). The number of likely N-dealkylation sites (tertiary alicyclic amines) is 1. The number of hydrogen-bond donors (Lipinski definition) is 0. The van der Waals surface area contributed by atoms with Crippen molar-refractivity contribution in [2.75, 3.05) is 20.2 Å². The Morgan fingerprint density at radius 3 is 2.23 bits per heavy atom. The minimum Gasteiger partial charge on any atom is -0.497 e. The van der Waals surface area contributed by atoms with E-state index >= 15 is 0 Å². The van der Waals surface area contributed by atoms with E-state index in [1.807, 2.05) is 12.1 Å². The zero-order chi connectivity index (χ0) is 24.1. The van der Waals surface area contributed by atoms with Gasteiger partial charge in [-0.3, -0.25) is 4.79 Å². The summed E-state index contributed by atoms with van der Waals surface area (Å²) in [4.78, 5) is 19.7. The Morgan fingerprint density at radius 2 is 1.57 bits per heavy atom. The lowest BCUT2D eigenvalue weighted by atomic mass is 9.93. The molecule has 1 saturated heterocycles. The zero-order valence-electron chi connectivity index (χ0n) is 20.6. The van der Waals surface area contributed by atoms with E-state index in [2.05, 4.69) is 72.0 Å². The van der Waals surface area contributed by atoms with E-state index in [-0.39, 0.29) is 0 Å². The number of nitrogens with zero attached hydrogens (tertiary/aromatic N) is 3. The Kier molecular flexibility index (Phi) is 5.36. The molecule has 0 spiro atoms. The van der Waals surface area contributed by atoms with Gasteiger partial charge in [0.2, 0.25) is 5.91 Å². The number of rotatable bonds is 5. The fourth-order valence-corrected chi connectivity index (χ4v) is 5.51. The molecule has 4 aromatic rings. The number of hydrogen-bond acceptors (Lipinski definition) is 3. The molecule has 2 heterocycles. The van der Waals surface area contributed by atoms with E-state index in [1.165, 1.54) is 16.7 Å². The molecule has 2 aliphatic rings. The van der Waals surface area contributed by atoms with E-state index < -0.39 is 0 Å². The van der Waals surface area contributed by atoms with Gasteiger partial charge in [0, 0.05) is 37.5 Å². The normalized spacial score (nSPS) is 17.8. The molecular formula is C30H31N3O2. The van der Waals surface area contributed by atoms with Gasteiger partial charge in [0.05, 0.1) is 18.1 Å². The SMILES string of the molecule is COc1ccc(-c2ccc(-c3nc4c(C)c(C5CCN(C(=O)C6CC6)C5)ccc4n3C)cc2)cc1. The second-order valence-corrected chi connectivity index (χ2v) is 9.99. The van der Waals surface area contributed by atoms with Crippen LogP contribution in [0.5, 0.6) is 5.75 Å². The molecule has 0 bridgehead atoms. The first-order valence-electron chi connectivity index (χ1n) is 12.5. The minimum absolute atomic E-state index is 0.298. The van der Waals surface area contributed by atoms with Crippen LogP contribution < -0.4 is 4.74 Å². The Morgan fingerprint density at radius 1 is 0.914 bits per heavy atom. The van der Waals surface area contributed by atoms with Crippen molar-refractivity contribution < 1.29 is 9.53 Å². The maximum absolute atomic E-state index is 12.5. The summed E-state index contributed by atoms with van der Waals surface area (Å²) >= 11 is 0. The van der Waals surface area contributed by atoms with Crippen LogP contribution in [-0.2, 0) is 11.8 Å². The van der Waals surface area contributed by atoms with E-state index in [1.54, 1.807) is 7.11 Å². The Hall–Kier alpha value is -3.60. The molecule has 5 nitrogen and oxygen atoms in total. The van der Waals surface area contributed by atoms with E-state index in [0.717, 1.165) is 66.1 Å². The molecule has 1 aliphatic heterocycles. The maximum Gasteiger partial charge on any atom is 0.225 e. The predicted molar refractivity (Wildman–Crippen MR) is 140 cm³/mol. The van der Waals surface area contributed by atoms with Crippen LogP contribution in [-0.4, -0.2) is 40.6 Å². The molecule has 2 fully saturated rings. The number of imidazole rings is 1. The molecule has 1 unspecified atom stereocenters. The van der Waals surface area contributed by atoms with Gasteiger partial charge < -0.3 is 14.2 Å². The molecule has 1 amide bonds. The Balaban J connectivity index is 1.28. The number of fused-ring (bicyclic) bond motifs is 1. The van der Waals surface area contributed by atoms with Gasteiger partial charge in [-0.15, -0.1) is 0 Å². The molecule has 35 heavy (non-hydrogen) atoms. The lowest BCUT2D eigenvalue weighted by Crippen LogP contribution is -2.29. The van der Waals surface area contributed by atoms with Crippen LogP contribution in [0.25, 0.3) is 33.5 Å². The molecule has 3 aromatic carbocycles. The molecular weight excluding hydrogens is 434 g/mol. The summed E-state index contributed by atoms with van der Waals surface area (Å²) < 4.78 is 7.46. The monoisotopic (exact) mass is 465 g/mol. The number of methoxy groups -OCH3 is 1. The van der Waals surface area contributed by atoms with Gasteiger partial charge in [0.1, 0.15) is 11.6 Å². The quantitative estimate of drug-likeness (QED) is 0.366. The van der Waals surface area contributed by atoms with Crippen molar-refractivity contribution in [2.24, 2.45) is 13.0 Å². The van der Waals surface area contributed by atoms with Gasteiger partial charge in [0.25, 0.3) is 0 Å². The highest BCUT2D eigenvalue weighted by molar-refractivity contribution is 5.85. The summed E-state index contributed by atoms with van der Waals surface area (Å²) in [6.07, 6.45) is 3.18. The third-order valence-corrected chi connectivity index (χ3v) is 7.78. The van der Waals surface area contributed by atoms with Gasteiger partial charge in [-0.1, -0.05) is 42.5 Å². The van der Waals surface area contributed by atoms with Crippen LogP contribution in [0.3, 0.4) is 0 Å². The average Bonchev–Trinajstić information content (AvgIpc) is 3.54. The first-order valence-corrected chi connectivity index (χ1v) is 12.5. The fourth-order valence-electron chi connectivity index (χ4n) is 5.51. The molecule has 1 atom stereocenters. The van der Waals surface area contributed by atoms with Crippen molar-refractivity contribution in [3.8, 4) is 28.3 Å². The van der Waals surface area contributed by atoms with Crippen molar-refractivity contribution in [3.63, 3.8) is 0 Å². The molecule has 0 N–H and O–H groups in total. The van der Waals surface area contributed by atoms with Crippen molar-refractivity contribution in [1.29, 1.82) is 0 Å². The van der Waals surface area contributed by atoms with Crippen LogP contribution in [0, 0.1) is 12.8 Å². The summed E-state index contributed by atoms with van der Waals surface area (Å²) in [5.74, 6) is 2.89. The highest BCUT2D eigenvalue weighted by atomic mass is 16.5. The van der Waals surface area contributed by atoms with Crippen LogP contribution in [0.15, 0.2) is 60.7 Å². The van der Waals surface area contributed by atoms with Gasteiger partial charge in [-0.05, 0) is 66.6 Å². The van der Waals surface area contributed by atoms with Gasteiger partial charge in [-0.2, -0.15) is 0 Å². The fraction of sp³-hybridized carbons (Fsp3) is 0.333. The number of benzene rings is 3. The predicted octanol–water partition coefficient (Wildman–Crippen LogP) is 5.95. The standard InChI is InChI=1S/C30H31N3O2/c1-19-26(24-16-17-33(18-24)30(34)23-8-9-23)14-15-27-28(19)31-29(32(27)2)22-6-4-20(5-7-22)21-10-12-25(35-3)13-11-21/h4-7,10-15,23-24H,8-9,16-18H2,1-3H3. The van der Waals surface area contributed by atoms with Crippen molar-refractivity contribution in [2.45, 2.75) is 32.1 Å². The molecule has 1 aromatic heterocycles. The zero-order valence-corrected chi connectivity index (χ0v) is 20.6. The summed E-state index contributed by atoms with van der Waals surface area (Å²) in [6, 6.07) is 21.2. The molecule has 5 heteroatoms. The van der Waals surface area contributed by atoms with Crippen molar-refractivity contribution >= 4 is 16.9 Å². The number of carbonyl (C=O) groups is 1. The first-order chi connectivity index (χ1) is 17.0. The molecule has 178 valence electrons. The lowest BCUT2D eigenvalue weighted by Gasteiger charge is -2.17.